The van der Waals surface area contributed by atoms with E-state index in [1.807, 2.05) is 25.1 Å². The van der Waals surface area contributed by atoms with Gasteiger partial charge in [0.25, 0.3) is 0 Å². The number of hydrogen-bond acceptors (Lipinski definition) is 11. The van der Waals surface area contributed by atoms with Crippen LogP contribution in [0.15, 0.2) is 48.9 Å². The number of ketones is 1. The summed E-state index contributed by atoms with van der Waals surface area (Å²) in [6.07, 6.45) is 7.05. The van der Waals surface area contributed by atoms with Crippen molar-refractivity contribution in [2.24, 2.45) is 7.05 Å². The third kappa shape index (κ3) is 6.95. The summed E-state index contributed by atoms with van der Waals surface area (Å²) in [6, 6.07) is 11.0. The van der Waals surface area contributed by atoms with E-state index in [0.717, 1.165) is 18.5 Å². The molecular formula is C29H35N9O3. The second kappa shape index (κ2) is 13.2. The molecule has 0 radical (unpaired) electrons. The molecule has 1 aromatic carbocycles. The topological polar surface area (TPSA) is 132 Å². The van der Waals surface area contributed by atoms with Crippen molar-refractivity contribution in [3.05, 3.63) is 54.5 Å². The highest BCUT2D eigenvalue weighted by Gasteiger charge is 2.18. The van der Waals surface area contributed by atoms with Crippen LogP contribution in [0.4, 0.5) is 23.0 Å². The molecule has 4 heterocycles. The van der Waals surface area contributed by atoms with Crippen LogP contribution in [-0.4, -0.2) is 74.0 Å². The Bertz CT molecular complexity index is 1470. The predicted molar refractivity (Wildman–Crippen MR) is 156 cm³/mol. The molecule has 214 valence electrons. The maximum atomic E-state index is 12.8. The summed E-state index contributed by atoms with van der Waals surface area (Å²) in [5, 5.41) is 19.3. The van der Waals surface area contributed by atoms with Crippen molar-refractivity contribution in [2.45, 2.75) is 32.6 Å². The maximum Gasteiger partial charge on any atom is 0.233 e. The zero-order valence-electron chi connectivity index (χ0n) is 23.6. The van der Waals surface area contributed by atoms with Gasteiger partial charge in [0.15, 0.2) is 23.2 Å². The minimum absolute atomic E-state index is 0.0425. The molecule has 5 rings (SSSR count). The van der Waals surface area contributed by atoms with Gasteiger partial charge in [-0.15, -0.1) is 10.2 Å². The number of pyridine rings is 1. The van der Waals surface area contributed by atoms with Crippen molar-refractivity contribution in [2.75, 3.05) is 44.0 Å². The lowest BCUT2D eigenvalue weighted by Gasteiger charge is -2.17. The lowest BCUT2D eigenvalue weighted by atomic mass is 10.1. The van der Waals surface area contributed by atoms with Crippen LogP contribution in [0.5, 0.6) is 11.6 Å². The molecule has 12 nitrogen and oxygen atoms in total. The summed E-state index contributed by atoms with van der Waals surface area (Å²) in [6.45, 7) is 5.82. The summed E-state index contributed by atoms with van der Waals surface area (Å²) in [5.41, 5.74) is 2.42. The first-order chi connectivity index (χ1) is 20.0. The van der Waals surface area contributed by atoms with Gasteiger partial charge < -0.3 is 25.0 Å². The third-order valence-electron chi connectivity index (χ3n) is 6.82. The smallest absolute Gasteiger partial charge is 0.233 e. The fourth-order valence-electron chi connectivity index (χ4n) is 4.75. The molecule has 0 saturated carbocycles. The van der Waals surface area contributed by atoms with Gasteiger partial charge in [-0.25, -0.2) is 9.97 Å². The number of likely N-dealkylation sites (tertiary alicyclic amines) is 1. The van der Waals surface area contributed by atoms with Crippen LogP contribution in [0.2, 0.25) is 0 Å². The van der Waals surface area contributed by atoms with Gasteiger partial charge in [0.05, 0.1) is 36.2 Å². The summed E-state index contributed by atoms with van der Waals surface area (Å²) in [4.78, 5) is 24.0. The minimum atomic E-state index is -0.0425. The van der Waals surface area contributed by atoms with Gasteiger partial charge in [0.2, 0.25) is 5.88 Å². The molecule has 2 N–H and O–H groups in total. The molecule has 0 unspecified atom stereocenters. The largest absolute Gasteiger partial charge is 0.494 e. The van der Waals surface area contributed by atoms with Gasteiger partial charge in [0.1, 0.15) is 12.1 Å². The number of Topliss-reactive ketones (excluding diaryl/α,β-unsaturated/α-hetero) is 1. The predicted octanol–water partition coefficient (Wildman–Crippen LogP) is 4.62. The molecule has 12 heteroatoms. The lowest BCUT2D eigenvalue weighted by molar-refractivity contribution is 0.0988. The molecule has 4 aromatic rings. The van der Waals surface area contributed by atoms with Gasteiger partial charge in [0, 0.05) is 38.3 Å². The molecular weight excluding hydrogens is 522 g/mol. The van der Waals surface area contributed by atoms with E-state index in [0.29, 0.717) is 59.1 Å². The number of carbonyl (C=O) groups excluding carboxylic acids is 1. The Morgan fingerprint density at radius 3 is 2.59 bits per heavy atom. The van der Waals surface area contributed by atoms with Crippen LogP contribution >= 0.6 is 0 Å². The van der Waals surface area contributed by atoms with Crippen molar-refractivity contribution in [3.8, 4) is 23.0 Å². The van der Waals surface area contributed by atoms with Crippen molar-refractivity contribution in [1.82, 2.24) is 34.8 Å². The number of ether oxygens (including phenoxy) is 2. The Hall–Kier alpha value is -4.58. The maximum absolute atomic E-state index is 12.8. The van der Waals surface area contributed by atoms with Crippen molar-refractivity contribution in [1.29, 1.82) is 0 Å². The van der Waals surface area contributed by atoms with Crippen LogP contribution in [0.25, 0.3) is 11.4 Å². The number of anilines is 4. The number of methoxy groups -OCH3 is 1. The SMILES string of the molecule is CCC(=O)c1cnc(Nc2ccc(OCCCN3CCCC3)nn2)cc1Nc1cccc(-c2ncn(C)n2)c1OC. The number of aromatic nitrogens is 6. The van der Waals surface area contributed by atoms with Crippen molar-refractivity contribution >= 4 is 28.8 Å². The first kappa shape index (κ1) is 28.0. The molecule has 1 aliphatic rings. The zero-order valence-corrected chi connectivity index (χ0v) is 23.6. The molecule has 0 atom stereocenters. The fraction of sp³-hybridized carbons (Fsp3) is 0.379. The van der Waals surface area contributed by atoms with E-state index >= 15 is 0 Å². The Morgan fingerprint density at radius 2 is 1.88 bits per heavy atom. The Morgan fingerprint density at radius 1 is 1.02 bits per heavy atom. The first-order valence-electron chi connectivity index (χ1n) is 13.8. The zero-order chi connectivity index (χ0) is 28.6. The van der Waals surface area contributed by atoms with Crippen LogP contribution < -0.4 is 20.1 Å². The van der Waals surface area contributed by atoms with Crippen molar-refractivity contribution in [3.63, 3.8) is 0 Å². The molecule has 0 aliphatic carbocycles. The quantitative estimate of drug-likeness (QED) is 0.176. The average Bonchev–Trinajstić information content (AvgIpc) is 3.68. The van der Waals surface area contributed by atoms with E-state index in [-0.39, 0.29) is 5.78 Å². The molecule has 1 saturated heterocycles. The number of hydrogen-bond donors (Lipinski definition) is 2. The van der Waals surface area contributed by atoms with E-state index in [2.05, 4.69) is 40.8 Å². The van der Waals surface area contributed by atoms with E-state index in [1.165, 1.54) is 25.9 Å². The minimum Gasteiger partial charge on any atom is -0.494 e. The molecule has 1 fully saturated rings. The molecule has 41 heavy (non-hydrogen) atoms. The fourth-order valence-corrected chi connectivity index (χ4v) is 4.75. The van der Waals surface area contributed by atoms with Gasteiger partial charge in [-0.3, -0.25) is 9.48 Å². The monoisotopic (exact) mass is 557 g/mol. The number of nitrogens with zero attached hydrogens (tertiary/aromatic N) is 7. The Balaban J connectivity index is 1.30. The first-order valence-corrected chi connectivity index (χ1v) is 13.8. The van der Waals surface area contributed by atoms with Crippen LogP contribution in [0, 0.1) is 0 Å². The number of para-hydroxylation sites is 1. The number of nitrogens with one attached hydrogen (secondary N) is 2. The van der Waals surface area contributed by atoms with Gasteiger partial charge >= 0.3 is 0 Å². The van der Waals surface area contributed by atoms with E-state index in [4.69, 9.17) is 9.47 Å². The molecule has 0 spiro atoms. The number of rotatable bonds is 13. The molecule has 1 aliphatic heterocycles. The molecule has 0 amide bonds. The highest BCUT2D eigenvalue weighted by molar-refractivity contribution is 6.02. The second-order valence-corrected chi connectivity index (χ2v) is 9.78. The van der Waals surface area contributed by atoms with E-state index < -0.39 is 0 Å². The third-order valence-corrected chi connectivity index (χ3v) is 6.82. The summed E-state index contributed by atoms with van der Waals surface area (Å²) >= 11 is 0. The summed E-state index contributed by atoms with van der Waals surface area (Å²) in [5.74, 6) is 2.53. The number of carbonyl (C=O) groups is 1. The van der Waals surface area contributed by atoms with Crippen LogP contribution in [0.1, 0.15) is 43.0 Å². The highest BCUT2D eigenvalue weighted by Crippen LogP contribution is 2.37. The van der Waals surface area contributed by atoms with Crippen molar-refractivity contribution < 1.29 is 14.3 Å². The average molecular weight is 558 g/mol. The van der Waals surface area contributed by atoms with Gasteiger partial charge in [-0.2, -0.15) is 5.10 Å². The standard InChI is InChI=1S/C29H35N9O3/c1-4-24(39)21-18-30-26(33-25-11-12-27(35-34-25)41-16-8-15-38-13-5-6-14-38)17-23(21)32-22-10-7-9-20(28(22)40-3)29-31-19-37(2)36-29/h7,9-12,17-19H,4-6,8,13-16H2,1-3H3,(H2,30,32,33,34). The van der Waals surface area contributed by atoms with Crippen LogP contribution in [-0.2, 0) is 7.05 Å². The lowest BCUT2D eigenvalue weighted by Crippen LogP contribution is -2.22. The van der Waals surface area contributed by atoms with Gasteiger partial charge in [-0.1, -0.05) is 13.0 Å². The molecule has 0 bridgehead atoms. The normalized spacial score (nSPS) is 13.2. The van der Waals surface area contributed by atoms with E-state index in [9.17, 15) is 4.79 Å². The second-order valence-electron chi connectivity index (χ2n) is 9.78. The van der Waals surface area contributed by atoms with Gasteiger partial charge in [-0.05, 0) is 50.6 Å². The highest BCUT2D eigenvalue weighted by atomic mass is 16.5. The Labute approximate surface area is 239 Å². The molecule has 3 aromatic heterocycles. The summed E-state index contributed by atoms with van der Waals surface area (Å²) in [7, 11) is 3.39. The summed E-state index contributed by atoms with van der Waals surface area (Å²) < 4.78 is 13.1. The number of aryl methyl sites for hydroxylation is 1. The Kier molecular flexibility index (Phi) is 8.99. The number of benzene rings is 1. The van der Waals surface area contributed by atoms with Crippen LogP contribution in [0.3, 0.4) is 0 Å². The van der Waals surface area contributed by atoms with E-state index in [1.54, 1.807) is 49.6 Å².